The summed E-state index contributed by atoms with van der Waals surface area (Å²) < 4.78 is 16.7. The van der Waals surface area contributed by atoms with Crippen LogP contribution in [0.3, 0.4) is 0 Å². The third-order valence-corrected chi connectivity index (χ3v) is 4.92. The first-order valence-corrected chi connectivity index (χ1v) is 10.8. The molecule has 9 heteroatoms. The maximum Gasteiger partial charge on any atom is 0.329 e. The van der Waals surface area contributed by atoms with E-state index in [1.165, 1.54) is 13.3 Å². The van der Waals surface area contributed by atoms with E-state index >= 15 is 0 Å². The summed E-state index contributed by atoms with van der Waals surface area (Å²) in [5.41, 5.74) is 4.07. The molecule has 0 aliphatic carbocycles. The molecule has 0 spiro atoms. The molecule has 176 valence electrons. The van der Waals surface area contributed by atoms with Gasteiger partial charge in [0.05, 0.1) is 25.6 Å². The number of halogens is 1. The second-order valence-electron chi connectivity index (χ2n) is 6.87. The van der Waals surface area contributed by atoms with E-state index in [1.54, 1.807) is 48.5 Å². The Bertz CT molecular complexity index is 1180. The van der Waals surface area contributed by atoms with Crippen molar-refractivity contribution in [3.63, 3.8) is 0 Å². The summed E-state index contributed by atoms with van der Waals surface area (Å²) in [7, 11) is 1.47. The Morgan fingerprint density at radius 1 is 0.941 bits per heavy atom. The van der Waals surface area contributed by atoms with Crippen LogP contribution in [0.15, 0.2) is 71.8 Å². The van der Waals surface area contributed by atoms with Gasteiger partial charge in [0.15, 0.2) is 11.5 Å². The Balaban J connectivity index is 1.61. The van der Waals surface area contributed by atoms with Gasteiger partial charge in [0.1, 0.15) is 12.4 Å². The average Bonchev–Trinajstić information content (AvgIpc) is 2.85. The Hall–Kier alpha value is -4.04. The number of ether oxygens (including phenoxy) is 3. The number of rotatable bonds is 9. The Labute approximate surface area is 202 Å². The van der Waals surface area contributed by atoms with Crippen LogP contribution in [0.4, 0.5) is 5.69 Å². The fourth-order valence-corrected chi connectivity index (χ4v) is 3.10. The highest BCUT2D eigenvalue weighted by atomic mass is 35.5. The Kier molecular flexibility index (Phi) is 8.88. The third kappa shape index (κ3) is 6.73. The lowest BCUT2D eigenvalue weighted by Crippen LogP contribution is -2.32. The van der Waals surface area contributed by atoms with Gasteiger partial charge in [0, 0.05) is 10.6 Å². The molecule has 0 saturated heterocycles. The second kappa shape index (κ2) is 12.3. The predicted molar refractivity (Wildman–Crippen MR) is 131 cm³/mol. The third-order valence-electron chi connectivity index (χ3n) is 4.55. The number of benzene rings is 3. The Morgan fingerprint density at radius 2 is 1.71 bits per heavy atom. The van der Waals surface area contributed by atoms with E-state index < -0.39 is 11.8 Å². The molecule has 0 fully saturated rings. The van der Waals surface area contributed by atoms with E-state index in [0.29, 0.717) is 40.1 Å². The number of carbonyl (C=O) groups excluding carboxylic acids is 2. The van der Waals surface area contributed by atoms with Crippen LogP contribution in [0, 0.1) is 0 Å². The van der Waals surface area contributed by atoms with Crippen LogP contribution in [-0.4, -0.2) is 31.7 Å². The molecule has 3 aromatic rings. The molecule has 0 radical (unpaired) electrons. The number of methoxy groups -OCH3 is 1. The summed E-state index contributed by atoms with van der Waals surface area (Å²) in [6, 6.07) is 19.4. The van der Waals surface area contributed by atoms with Gasteiger partial charge in [0.25, 0.3) is 0 Å². The molecular weight excluding hydrogens is 458 g/mol. The van der Waals surface area contributed by atoms with Crippen molar-refractivity contribution >= 4 is 35.3 Å². The van der Waals surface area contributed by atoms with Crippen molar-refractivity contribution in [3.05, 3.63) is 82.9 Å². The van der Waals surface area contributed by atoms with E-state index in [4.69, 9.17) is 25.8 Å². The molecular formula is C25H24ClN3O5. The molecule has 2 N–H and O–H groups in total. The first-order valence-electron chi connectivity index (χ1n) is 10.4. The van der Waals surface area contributed by atoms with Crippen molar-refractivity contribution < 1.29 is 23.8 Å². The molecule has 0 aromatic heterocycles. The lowest BCUT2D eigenvalue weighted by atomic mass is 10.2. The molecule has 8 nitrogen and oxygen atoms in total. The van der Waals surface area contributed by atoms with Crippen molar-refractivity contribution in [2.75, 3.05) is 19.0 Å². The first-order chi connectivity index (χ1) is 16.5. The molecule has 0 unspecified atom stereocenters. The van der Waals surface area contributed by atoms with Gasteiger partial charge < -0.3 is 19.5 Å². The summed E-state index contributed by atoms with van der Waals surface area (Å²) in [6.07, 6.45) is 1.40. The molecule has 3 rings (SSSR count). The molecule has 0 bridgehead atoms. The highest BCUT2D eigenvalue weighted by Gasteiger charge is 2.15. The highest BCUT2D eigenvalue weighted by molar-refractivity contribution is 6.39. The molecule has 34 heavy (non-hydrogen) atoms. The second-order valence-corrected chi connectivity index (χ2v) is 7.28. The number of carbonyl (C=O) groups is 2. The minimum Gasteiger partial charge on any atom is -0.495 e. The van der Waals surface area contributed by atoms with Gasteiger partial charge in [-0.25, -0.2) is 5.43 Å². The number of nitrogens with zero attached hydrogens (tertiary/aromatic N) is 1. The molecule has 0 heterocycles. The molecule has 0 saturated carbocycles. The summed E-state index contributed by atoms with van der Waals surface area (Å²) in [6.45, 7) is 2.58. The number of hydrogen-bond donors (Lipinski definition) is 2. The Morgan fingerprint density at radius 3 is 2.47 bits per heavy atom. The van der Waals surface area contributed by atoms with Gasteiger partial charge in [-0.15, -0.1) is 0 Å². The zero-order valence-corrected chi connectivity index (χ0v) is 19.5. The van der Waals surface area contributed by atoms with Gasteiger partial charge in [-0.3, -0.25) is 9.59 Å². The number of amides is 2. The largest absolute Gasteiger partial charge is 0.495 e. The van der Waals surface area contributed by atoms with Crippen LogP contribution >= 0.6 is 11.6 Å². The van der Waals surface area contributed by atoms with Crippen LogP contribution in [0.2, 0.25) is 5.02 Å². The number of nitrogens with one attached hydrogen (secondary N) is 2. The van der Waals surface area contributed by atoms with Crippen LogP contribution in [0.1, 0.15) is 18.1 Å². The van der Waals surface area contributed by atoms with Gasteiger partial charge in [-0.05, 0) is 48.9 Å². The topological polar surface area (TPSA) is 98.2 Å². The zero-order valence-electron chi connectivity index (χ0n) is 18.7. The minimum atomic E-state index is -0.924. The van der Waals surface area contributed by atoms with Crippen molar-refractivity contribution in [2.45, 2.75) is 13.5 Å². The smallest absolute Gasteiger partial charge is 0.329 e. The molecule has 0 atom stereocenters. The summed E-state index contributed by atoms with van der Waals surface area (Å²) >= 11 is 6.18. The van der Waals surface area contributed by atoms with Crippen molar-refractivity contribution in [1.82, 2.24) is 5.43 Å². The predicted octanol–water partition coefficient (Wildman–Crippen LogP) is 4.42. The quantitative estimate of drug-likeness (QED) is 0.268. The van der Waals surface area contributed by atoms with Gasteiger partial charge in [-0.2, -0.15) is 5.10 Å². The van der Waals surface area contributed by atoms with Crippen molar-refractivity contribution in [2.24, 2.45) is 5.10 Å². The minimum absolute atomic E-state index is 0.282. The van der Waals surface area contributed by atoms with E-state index in [1.807, 2.05) is 25.1 Å². The summed E-state index contributed by atoms with van der Waals surface area (Å²) in [4.78, 5) is 24.2. The monoisotopic (exact) mass is 481 g/mol. The maximum atomic E-state index is 12.1. The van der Waals surface area contributed by atoms with Crippen LogP contribution in [-0.2, 0) is 16.2 Å². The average molecular weight is 482 g/mol. The van der Waals surface area contributed by atoms with Gasteiger partial charge in [-0.1, -0.05) is 41.9 Å². The van der Waals surface area contributed by atoms with Gasteiger partial charge in [0.2, 0.25) is 0 Å². The molecule has 0 aliphatic rings. The van der Waals surface area contributed by atoms with Crippen LogP contribution in [0.25, 0.3) is 0 Å². The maximum absolute atomic E-state index is 12.1. The van der Waals surface area contributed by atoms with E-state index in [0.717, 1.165) is 5.56 Å². The van der Waals surface area contributed by atoms with Crippen molar-refractivity contribution in [3.8, 4) is 17.2 Å². The van der Waals surface area contributed by atoms with Crippen molar-refractivity contribution in [1.29, 1.82) is 0 Å². The zero-order chi connectivity index (χ0) is 24.3. The van der Waals surface area contributed by atoms with E-state index in [-0.39, 0.29) is 6.61 Å². The lowest BCUT2D eigenvalue weighted by Gasteiger charge is -2.13. The number of anilines is 1. The molecule has 3 aromatic carbocycles. The molecule has 2 amide bonds. The highest BCUT2D eigenvalue weighted by Crippen LogP contribution is 2.29. The van der Waals surface area contributed by atoms with E-state index in [9.17, 15) is 9.59 Å². The standard InChI is InChI=1S/C25H24ClN3O5/c1-3-33-23-14-17(12-13-22(23)34-16-18-8-4-5-9-19(18)26)15-27-29-25(31)24(30)28-20-10-6-7-11-21(20)32-2/h4-15H,3,16H2,1-2H3,(H,28,30)(H,29,31). The number of hydrogen-bond acceptors (Lipinski definition) is 6. The summed E-state index contributed by atoms with van der Waals surface area (Å²) in [5, 5.41) is 6.95. The first kappa shape index (κ1) is 24.6. The van der Waals surface area contributed by atoms with E-state index in [2.05, 4.69) is 15.8 Å². The summed E-state index contributed by atoms with van der Waals surface area (Å²) in [5.74, 6) is -0.308. The normalized spacial score (nSPS) is 10.6. The SMILES string of the molecule is CCOc1cc(C=NNC(=O)C(=O)Nc2ccccc2OC)ccc1OCc1ccccc1Cl. The number of para-hydroxylation sites is 2. The number of hydrazone groups is 1. The fraction of sp³-hybridized carbons (Fsp3) is 0.160. The van der Waals surface area contributed by atoms with Crippen LogP contribution < -0.4 is 25.0 Å². The molecule has 0 aliphatic heterocycles. The van der Waals surface area contributed by atoms with Crippen LogP contribution in [0.5, 0.6) is 17.2 Å². The fourth-order valence-electron chi connectivity index (χ4n) is 2.91. The van der Waals surface area contributed by atoms with Gasteiger partial charge >= 0.3 is 11.8 Å². The lowest BCUT2D eigenvalue weighted by molar-refractivity contribution is -0.136.